The van der Waals surface area contributed by atoms with Gasteiger partial charge in [-0.1, -0.05) is 12.2 Å². The van der Waals surface area contributed by atoms with Crippen LogP contribution in [0.2, 0.25) is 0 Å². The maximum Gasteiger partial charge on any atom is 0.0700 e. The van der Waals surface area contributed by atoms with Crippen molar-refractivity contribution in [3.63, 3.8) is 0 Å². The van der Waals surface area contributed by atoms with Gasteiger partial charge in [-0.05, 0) is 29.8 Å². The maximum absolute atomic E-state index is 5.65. The molecule has 2 N–H and O–H groups in total. The summed E-state index contributed by atoms with van der Waals surface area (Å²) in [6.45, 7) is 0. The fraction of sp³-hybridized carbons (Fsp3) is 0.100. The van der Waals surface area contributed by atoms with E-state index in [4.69, 9.17) is 5.73 Å². The average Bonchev–Trinajstić information content (AvgIpc) is 2.28. The zero-order chi connectivity index (χ0) is 8.39. The summed E-state index contributed by atoms with van der Waals surface area (Å²) in [5.74, 6) is 0. The van der Waals surface area contributed by atoms with Crippen LogP contribution in [0.25, 0.3) is 6.08 Å². The summed E-state index contributed by atoms with van der Waals surface area (Å²) in [7, 11) is 0. The summed E-state index contributed by atoms with van der Waals surface area (Å²) >= 11 is 0. The Hall–Kier alpha value is -1.57. The van der Waals surface area contributed by atoms with Gasteiger partial charge < -0.3 is 5.73 Å². The number of nitrogen functional groups attached to an aromatic ring is 1. The lowest BCUT2D eigenvalue weighted by Gasteiger charge is -1.91. The average molecular weight is 158 g/mol. The first kappa shape index (κ1) is 7.10. The van der Waals surface area contributed by atoms with Crippen molar-refractivity contribution in [2.45, 2.75) is 6.42 Å². The molecule has 1 aliphatic rings. The van der Waals surface area contributed by atoms with Crippen LogP contribution >= 0.6 is 0 Å². The van der Waals surface area contributed by atoms with Gasteiger partial charge in [-0.25, -0.2) is 0 Å². The Morgan fingerprint density at radius 1 is 1.33 bits per heavy atom. The van der Waals surface area contributed by atoms with Crippen molar-refractivity contribution in [3.05, 3.63) is 41.1 Å². The third-order valence-corrected chi connectivity index (χ3v) is 1.84. The molecule has 0 unspecified atom stereocenters. The van der Waals surface area contributed by atoms with E-state index < -0.39 is 0 Å². The second-order valence-electron chi connectivity index (χ2n) is 2.77. The number of hydrogen-bond acceptors (Lipinski definition) is 2. The molecule has 0 radical (unpaired) electrons. The van der Waals surface area contributed by atoms with Gasteiger partial charge in [0.1, 0.15) is 0 Å². The third-order valence-electron chi connectivity index (χ3n) is 1.84. The zero-order valence-electron chi connectivity index (χ0n) is 6.70. The van der Waals surface area contributed by atoms with Crippen molar-refractivity contribution in [1.29, 1.82) is 0 Å². The molecule has 12 heavy (non-hydrogen) atoms. The highest BCUT2D eigenvalue weighted by molar-refractivity contribution is 5.41. The number of nitrogens with two attached hydrogens (primary N) is 1. The van der Waals surface area contributed by atoms with E-state index in [2.05, 4.69) is 11.1 Å². The monoisotopic (exact) mass is 158 g/mol. The number of rotatable bonds is 0. The molecule has 2 nitrogen and oxygen atoms in total. The quantitative estimate of drug-likeness (QED) is 0.551. The van der Waals surface area contributed by atoms with E-state index in [-0.39, 0.29) is 0 Å². The number of anilines is 1. The molecule has 2 heteroatoms. The van der Waals surface area contributed by atoms with E-state index in [1.165, 1.54) is 0 Å². The first-order valence-corrected chi connectivity index (χ1v) is 3.95. The van der Waals surface area contributed by atoms with Crippen molar-refractivity contribution < 1.29 is 0 Å². The van der Waals surface area contributed by atoms with Crippen LogP contribution in [-0.2, 0) is 0 Å². The first-order valence-electron chi connectivity index (χ1n) is 3.95. The largest absolute Gasteiger partial charge is 0.399 e. The van der Waals surface area contributed by atoms with Gasteiger partial charge in [-0.2, -0.15) is 0 Å². The van der Waals surface area contributed by atoms with Gasteiger partial charge in [0.25, 0.3) is 0 Å². The minimum Gasteiger partial charge on any atom is -0.399 e. The van der Waals surface area contributed by atoms with E-state index in [0.29, 0.717) is 0 Å². The van der Waals surface area contributed by atoms with Crippen molar-refractivity contribution in [2.24, 2.45) is 4.99 Å². The first-order chi connectivity index (χ1) is 5.86. The minimum absolute atomic E-state index is 0.794. The summed E-state index contributed by atoms with van der Waals surface area (Å²) in [6, 6.07) is 5.76. The summed E-state index contributed by atoms with van der Waals surface area (Å²) in [5.41, 5.74) is 6.44. The predicted molar refractivity (Wildman–Crippen MR) is 49.9 cm³/mol. The number of nitrogens with zero attached hydrogens (tertiary/aromatic N) is 1. The van der Waals surface area contributed by atoms with Crippen LogP contribution in [0.3, 0.4) is 0 Å². The second kappa shape index (κ2) is 2.81. The number of allylic oxidation sites excluding steroid dienone is 1. The van der Waals surface area contributed by atoms with Gasteiger partial charge in [0, 0.05) is 11.9 Å². The van der Waals surface area contributed by atoms with Crippen molar-refractivity contribution >= 4 is 11.8 Å². The highest BCUT2D eigenvalue weighted by atomic mass is 14.7. The molecule has 1 heterocycles. The number of hydrogen-bond donors (Lipinski definition) is 1. The Morgan fingerprint density at radius 3 is 3.17 bits per heavy atom. The van der Waals surface area contributed by atoms with E-state index in [1.807, 2.05) is 30.5 Å². The lowest BCUT2D eigenvalue weighted by Crippen LogP contribution is -2.23. The standard InChI is InChI=1S/C10H10N2/c11-9-4-5-10-8(7-9)3-1-2-6-12-10/h2-7H,1,11H2. The van der Waals surface area contributed by atoms with Crippen molar-refractivity contribution in [2.75, 3.05) is 5.73 Å². The van der Waals surface area contributed by atoms with Gasteiger partial charge in [-0.3, -0.25) is 4.99 Å². The topological polar surface area (TPSA) is 38.4 Å². The van der Waals surface area contributed by atoms with Crippen LogP contribution in [0.15, 0.2) is 35.5 Å². The van der Waals surface area contributed by atoms with Crippen LogP contribution in [-0.4, -0.2) is 0 Å². The highest BCUT2D eigenvalue weighted by Crippen LogP contribution is 1.93. The van der Waals surface area contributed by atoms with Gasteiger partial charge >= 0.3 is 0 Å². The summed E-state index contributed by atoms with van der Waals surface area (Å²) in [5, 5.41) is 2.12. The van der Waals surface area contributed by atoms with Gasteiger partial charge in [0.2, 0.25) is 0 Å². The molecule has 0 saturated carbocycles. The molecule has 1 aliphatic heterocycles. The Morgan fingerprint density at radius 2 is 2.25 bits per heavy atom. The molecule has 0 fully saturated rings. The van der Waals surface area contributed by atoms with Crippen LogP contribution in [0.4, 0.5) is 5.69 Å². The Balaban J connectivity index is 2.78. The predicted octanol–water partition coefficient (Wildman–Crippen LogP) is 0.586. The summed E-state index contributed by atoms with van der Waals surface area (Å²) in [6.07, 6.45) is 6.91. The summed E-state index contributed by atoms with van der Waals surface area (Å²) in [4.78, 5) is 4.26. The van der Waals surface area contributed by atoms with Crippen LogP contribution in [0.1, 0.15) is 6.42 Å². The van der Waals surface area contributed by atoms with Crippen molar-refractivity contribution in [3.8, 4) is 0 Å². The van der Waals surface area contributed by atoms with Crippen LogP contribution in [0, 0.1) is 0 Å². The molecule has 1 aromatic carbocycles. The molecule has 0 saturated heterocycles. The van der Waals surface area contributed by atoms with Gasteiger partial charge in [-0.15, -0.1) is 0 Å². The Labute approximate surface area is 70.7 Å². The van der Waals surface area contributed by atoms with Gasteiger partial charge in [0.05, 0.1) is 5.36 Å². The number of benzene rings is 1. The molecule has 0 spiro atoms. The van der Waals surface area contributed by atoms with Gasteiger partial charge in [0.15, 0.2) is 0 Å². The van der Waals surface area contributed by atoms with E-state index >= 15 is 0 Å². The van der Waals surface area contributed by atoms with Crippen molar-refractivity contribution in [1.82, 2.24) is 0 Å². The zero-order valence-corrected chi connectivity index (χ0v) is 6.70. The molecule has 1 aromatic rings. The molecule has 0 atom stereocenters. The molecule has 0 amide bonds. The smallest absolute Gasteiger partial charge is 0.0700 e. The Bertz CT molecular complexity index is 430. The maximum atomic E-state index is 5.65. The van der Waals surface area contributed by atoms with Crippen LogP contribution < -0.4 is 16.3 Å². The summed E-state index contributed by atoms with van der Waals surface area (Å²) < 4.78 is 0. The Kier molecular flexibility index (Phi) is 1.67. The van der Waals surface area contributed by atoms with E-state index in [1.54, 1.807) is 0 Å². The fourth-order valence-corrected chi connectivity index (χ4v) is 1.24. The van der Waals surface area contributed by atoms with E-state index in [9.17, 15) is 0 Å². The molecule has 0 bridgehead atoms. The minimum atomic E-state index is 0.794. The third kappa shape index (κ3) is 1.23. The van der Waals surface area contributed by atoms with Crippen LogP contribution in [0.5, 0.6) is 0 Å². The number of fused-ring (bicyclic) bond motifs is 1. The molecule has 60 valence electrons. The van der Waals surface area contributed by atoms with E-state index in [0.717, 1.165) is 22.7 Å². The normalized spacial score (nSPS) is 14.0. The molecule has 2 rings (SSSR count). The molecular weight excluding hydrogens is 148 g/mol. The highest BCUT2D eigenvalue weighted by Gasteiger charge is 1.89. The lowest BCUT2D eigenvalue weighted by molar-refractivity contribution is 1.32. The SMILES string of the molecule is Nc1ccc2c(c1)=CCC=CN=2. The molecule has 0 aliphatic carbocycles. The second-order valence-corrected chi connectivity index (χ2v) is 2.77. The fourth-order valence-electron chi connectivity index (χ4n) is 1.24. The molecular formula is C10H10N2. The molecule has 0 aromatic heterocycles. The lowest BCUT2D eigenvalue weighted by atomic mass is 10.2.